The minimum absolute atomic E-state index is 0.155. The van der Waals surface area contributed by atoms with Crippen LogP contribution in [-0.2, 0) is 6.42 Å². The zero-order valence-electron chi connectivity index (χ0n) is 10.8. The lowest BCUT2D eigenvalue weighted by molar-refractivity contribution is 0.0954. The van der Waals surface area contributed by atoms with E-state index in [0.29, 0.717) is 38.1 Å². The zero-order chi connectivity index (χ0) is 15.4. The number of halogens is 4. The van der Waals surface area contributed by atoms with Crippen LogP contribution < -0.4 is 5.32 Å². The van der Waals surface area contributed by atoms with Crippen LogP contribution in [-0.4, -0.2) is 12.5 Å². The van der Waals surface area contributed by atoms with Gasteiger partial charge in [-0.1, -0.05) is 40.9 Å². The molecule has 0 atom stereocenters. The smallest absolute Gasteiger partial charge is 0.251 e. The summed E-state index contributed by atoms with van der Waals surface area (Å²) in [6.45, 7) is 0.487. The molecule has 0 heterocycles. The SMILES string of the molecule is O=C(NCCc1ccc(Cl)cc1Cl)c1ccc(Cl)c(Br)c1. The number of carbonyl (C=O) groups is 1. The Kier molecular flexibility index (Phi) is 5.94. The van der Waals surface area contributed by atoms with Crippen LogP contribution in [0.1, 0.15) is 15.9 Å². The van der Waals surface area contributed by atoms with Crippen LogP contribution in [0.5, 0.6) is 0 Å². The normalized spacial score (nSPS) is 10.5. The van der Waals surface area contributed by atoms with Gasteiger partial charge >= 0.3 is 0 Å². The van der Waals surface area contributed by atoms with E-state index in [-0.39, 0.29) is 5.91 Å². The Balaban J connectivity index is 1.93. The van der Waals surface area contributed by atoms with Crippen molar-refractivity contribution in [1.29, 1.82) is 0 Å². The fourth-order valence-corrected chi connectivity index (χ4v) is 2.77. The first-order valence-corrected chi connectivity index (χ1v) is 8.07. The molecule has 0 spiro atoms. The largest absolute Gasteiger partial charge is 0.352 e. The lowest BCUT2D eigenvalue weighted by Gasteiger charge is -2.08. The Morgan fingerprint density at radius 2 is 1.81 bits per heavy atom. The van der Waals surface area contributed by atoms with E-state index in [1.54, 1.807) is 30.3 Å². The van der Waals surface area contributed by atoms with Gasteiger partial charge in [-0.2, -0.15) is 0 Å². The number of hydrogen-bond acceptors (Lipinski definition) is 1. The third-order valence-electron chi connectivity index (χ3n) is 2.88. The Bertz CT molecular complexity index is 676. The maximum Gasteiger partial charge on any atom is 0.251 e. The van der Waals surface area contributed by atoms with Crippen molar-refractivity contribution >= 4 is 56.6 Å². The molecule has 0 aliphatic heterocycles. The van der Waals surface area contributed by atoms with Crippen molar-refractivity contribution in [1.82, 2.24) is 5.32 Å². The summed E-state index contributed by atoms with van der Waals surface area (Å²) in [5, 5.41) is 4.61. The van der Waals surface area contributed by atoms with Gasteiger partial charge in [-0.3, -0.25) is 4.79 Å². The molecule has 0 saturated heterocycles. The maximum absolute atomic E-state index is 12.0. The third kappa shape index (κ3) is 4.62. The zero-order valence-corrected chi connectivity index (χ0v) is 14.7. The van der Waals surface area contributed by atoms with E-state index in [4.69, 9.17) is 34.8 Å². The second kappa shape index (κ2) is 7.50. The number of amides is 1. The predicted molar refractivity (Wildman–Crippen MR) is 91.7 cm³/mol. The summed E-state index contributed by atoms with van der Waals surface area (Å²) in [7, 11) is 0. The molecule has 110 valence electrons. The standard InChI is InChI=1S/C15H11BrCl3NO/c16-12-7-10(2-4-13(12)18)15(21)20-6-5-9-1-3-11(17)8-14(9)19/h1-4,7-8H,5-6H2,(H,20,21). The monoisotopic (exact) mass is 405 g/mol. The van der Waals surface area contributed by atoms with Crippen LogP contribution >= 0.6 is 50.7 Å². The van der Waals surface area contributed by atoms with Crippen LogP contribution in [0.15, 0.2) is 40.9 Å². The molecule has 0 aliphatic rings. The highest BCUT2D eigenvalue weighted by Crippen LogP contribution is 2.23. The molecule has 6 heteroatoms. The molecule has 2 nitrogen and oxygen atoms in total. The third-order valence-corrected chi connectivity index (χ3v) is 4.68. The van der Waals surface area contributed by atoms with Gasteiger partial charge in [0, 0.05) is 26.6 Å². The lowest BCUT2D eigenvalue weighted by Crippen LogP contribution is -2.25. The molecule has 2 aromatic carbocycles. The van der Waals surface area contributed by atoms with E-state index < -0.39 is 0 Å². The van der Waals surface area contributed by atoms with Gasteiger partial charge in [0.1, 0.15) is 0 Å². The van der Waals surface area contributed by atoms with Crippen LogP contribution in [0.2, 0.25) is 15.1 Å². The minimum Gasteiger partial charge on any atom is -0.352 e. The Morgan fingerprint density at radius 3 is 2.48 bits per heavy atom. The van der Waals surface area contributed by atoms with Gasteiger partial charge in [-0.15, -0.1) is 0 Å². The van der Waals surface area contributed by atoms with Crippen molar-refractivity contribution in [3.05, 3.63) is 67.1 Å². The first-order chi connectivity index (χ1) is 9.97. The minimum atomic E-state index is -0.155. The molecule has 0 fully saturated rings. The summed E-state index contributed by atoms with van der Waals surface area (Å²) in [6, 6.07) is 10.4. The van der Waals surface area contributed by atoms with Gasteiger partial charge in [0.15, 0.2) is 0 Å². The van der Waals surface area contributed by atoms with Crippen molar-refractivity contribution in [2.75, 3.05) is 6.54 Å². The molecule has 0 aromatic heterocycles. The summed E-state index contributed by atoms with van der Waals surface area (Å²) in [4.78, 5) is 12.0. The lowest BCUT2D eigenvalue weighted by atomic mass is 10.1. The Labute approximate surface area is 146 Å². The fraction of sp³-hybridized carbons (Fsp3) is 0.133. The van der Waals surface area contributed by atoms with Crippen molar-refractivity contribution in [3.8, 4) is 0 Å². The second-order valence-corrected chi connectivity index (χ2v) is 6.48. The number of rotatable bonds is 4. The molecule has 2 rings (SSSR count). The highest BCUT2D eigenvalue weighted by Gasteiger charge is 2.08. The molecular formula is C15H11BrCl3NO. The van der Waals surface area contributed by atoms with E-state index in [9.17, 15) is 4.79 Å². The molecule has 0 bridgehead atoms. The molecule has 2 aromatic rings. The quantitative estimate of drug-likeness (QED) is 0.724. The summed E-state index contributed by atoms with van der Waals surface area (Å²) >= 11 is 21.1. The Hall–Kier alpha value is -0.740. The molecule has 0 radical (unpaired) electrons. The van der Waals surface area contributed by atoms with Crippen LogP contribution in [0.25, 0.3) is 0 Å². The summed E-state index contributed by atoms with van der Waals surface area (Å²) in [5.74, 6) is -0.155. The number of carbonyl (C=O) groups excluding carboxylic acids is 1. The van der Waals surface area contributed by atoms with Gasteiger partial charge in [-0.05, 0) is 58.2 Å². The number of nitrogens with one attached hydrogen (secondary N) is 1. The molecular weight excluding hydrogens is 396 g/mol. The molecule has 0 aliphatic carbocycles. The van der Waals surface area contributed by atoms with Gasteiger partial charge in [0.25, 0.3) is 5.91 Å². The highest BCUT2D eigenvalue weighted by atomic mass is 79.9. The molecule has 0 saturated carbocycles. The Morgan fingerprint density at radius 1 is 1.05 bits per heavy atom. The summed E-state index contributed by atoms with van der Waals surface area (Å²) in [6.07, 6.45) is 0.635. The van der Waals surface area contributed by atoms with Crippen molar-refractivity contribution in [2.24, 2.45) is 0 Å². The van der Waals surface area contributed by atoms with Gasteiger partial charge in [0.2, 0.25) is 0 Å². The topological polar surface area (TPSA) is 29.1 Å². The van der Waals surface area contributed by atoms with Crippen molar-refractivity contribution < 1.29 is 4.79 Å². The second-order valence-electron chi connectivity index (χ2n) is 4.37. The molecule has 21 heavy (non-hydrogen) atoms. The van der Waals surface area contributed by atoms with Gasteiger partial charge < -0.3 is 5.32 Å². The van der Waals surface area contributed by atoms with E-state index >= 15 is 0 Å². The van der Waals surface area contributed by atoms with Crippen molar-refractivity contribution in [2.45, 2.75) is 6.42 Å². The molecule has 1 amide bonds. The highest BCUT2D eigenvalue weighted by molar-refractivity contribution is 9.10. The summed E-state index contributed by atoms with van der Waals surface area (Å²) < 4.78 is 0.692. The van der Waals surface area contributed by atoms with Crippen LogP contribution in [0.3, 0.4) is 0 Å². The average Bonchev–Trinajstić information content (AvgIpc) is 2.44. The van der Waals surface area contributed by atoms with E-state index in [1.165, 1.54) is 0 Å². The maximum atomic E-state index is 12.0. The molecule has 1 N–H and O–H groups in total. The average molecular weight is 408 g/mol. The van der Waals surface area contributed by atoms with Crippen LogP contribution in [0, 0.1) is 0 Å². The number of hydrogen-bond donors (Lipinski definition) is 1. The van der Waals surface area contributed by atoms with E-state index in [2.05, 4.69) is 21.2 Å². The van der Waals surface area contributed by atoms with Gasteiger partial charge in [0.05, 0.1) is 5.02 Å². The van der Waals surface area contributed by atoms with Crippen LogP contribution in [0.4, 0.5) is 0 Å². The fourth-order valence-electron chi connectivity index (χ4n) is 1.77. The van der Waals surface area contributed by atoms with Crippen molar-refractivity contribution in [3.63, 3.8) is 0 Å². The van der Waals surface area contributed by atoms with E-state index in [1.807, 2.05) is 6.07 Å². The number of benzene rings is 2. The summed E-state index contributed by atoms with van der Waals surface area (Å²) in [5.41, 5.74) is 1.49. The van der Waals surface area contributed by atoms with E-state index in [0.717, 1.165) is 5.56 Å². The first-order valence-electron chi connectivity index (χ1n) is 6.14. The van der Waals surface area contributed by atoms with Gasteiger partial charge in [-0.25, -0.2) is 0 Å². The first kappa shape index (κ1) is 16.6. The predicted octanol–water partition coefficient (Wildman–Crippen LogP) is 5.38. The molecule has 0 unspecified atom stereocenters.